The van der Waals surface area contributed by atoms with E-state index in [9.17, 15) is 0 Å². The van der Waals surface area contributed by atoms with Crippen molar-refractivity contribution in [3.63, 3.8) is 0 Å². The third-order valence-electron chi connectivity index (χ3n) is 2.43. The molecule has 0 bridgehead atoms. The van der Waals surface area contributed by atoms with E-state index in [1.165, 1.54) is 6.42 Å². The Balaban J connectivity index is 3.52. The monoisotopic (exact) mass is 196 g/mol. The van der Waals surface area contributed by atoms with E-state index in [0.29, 0.717) is 12.6 Å². The fourth-order valence-corrected chi connectivity index (χ4v) is 1.50. The molecule has 0 aromatic carbocycles. The topological polar surface area (TPSA) is 15.3 Å². The average Bonchev–Trinajstić information content (AvgIpc) is 2.11. The number of hydrogen-bond acceptors (Lipinski definition) is 2. The van der Waals surface area contributed by atoms with Crippen LogP contribution in [0.1, 0.15) is 27.2 Å². The third-order valence-corrected chi connectivity index (χ3v) is 2.43. The summed E-state index contributed by atoms with van der Waals surface area (Å²) in [4.78, 5) is 2.38. The van der Waals surface area contributed by atoms with Crippen molar-refractivity contribution in [1.29, 1.82) is 0 Å². The van der Waals surface area contributed by atoms with Gasteiger partial charge in [-0.25, -0.2) is 0 Å². The first-order valence-electron chi connectivity index (χ1n) is 5.42. The van der Waals surface area contributed by atoms with Crippen LogP contribution in [0.2, 0.25) is 0 Å². The molecule has 0 spiro atoms. The highest BCUT2D eigenvalue weighted by Gasteiger charge is 2.09. The summed E-state index contributed by atoms with van der Waals surface area (Å²) in [7, 11) is 2.17. The smallest absolute Gasteiger partial charge is 0.0574 e. The zero-order valence-corrected chi connectivity index (χ0v) is 10.0. The first kappa shape index (κ1) is 13.5. The maximum atomic E-state index is 5.14. The summed E-state index contributed by atoms with van der Waals surface area (Å²) < 4.78 is 0. The highest BCUT2D eigenvalue weighted by molar-refractivity contribution is 4.86. The Morgan fingerprint density at radius 1 is 1.36 bits per heavy atom. The molecule has 0 aliphatic heterocycles. The molecule has 1 N–H and O–H groups in total. The molecule has 0 rings (SSSR count). The average molecular weight is 196 g/mol. The van der Waals surface area contributed by atoms with Gasteiger partial charge in [0.05, 0.1) is 6.54 Å². The van der Waals surface area contributed by atoms with E-state index in [1.54, 1.807) is 0 Å². The lowest BCUT2D eigenvalue weighted by Gasteiger charge is -2.26. The molecule has 0 aromatic rings. The maximum absolute atomic E-state index is 5.14. The second-order valence-corrected chi connectivity index (χ2v) is 4.34. The van der Waals surface area contributed by atoms with Gasteiger partial charge in [-0.1, -0.05) is 19.8 Å². The van der Waals surface area contributed by atoms with E-state index in [0.717, 1.165) is 19.0 Å². The number of terminal acetylenes is 1. The summed E-state index contributed by atoms with van der Waals surface area (Å²) in [6, 6.07) is 0.655. The van der Waals surface area contributed by atoms with Gasteiger partial charge in [0.25, 0.3) is 0 Å². The number of hydrogen-bond donors (Lipinski definition) is 1. The number of likely N-dealkylation sites (N-methyl/N-ethyl adjacent to an activating group) is 1. The van der Waals surface area contributed by atoms with Crippen LogP contribution in [0, 0.1) is 18.3 Å². The van der Waals surface area contributed by atoms with E-state index in [2.05, 4.69) is 44.0 Å². The minimum absolute atomic E-state index is 0.655. The molecule has 2 nitrogen and oxygen atoms in total. The molecule has 2 heteroatoms. The fourth-order valence-electron chi connectivity index (χ4n) is 1.50. The number of nitrogens with one attached hydrogen (secondary N) is 1. The van der Waals surface area contributed by atoms with Crippen LogP contribution in [0.3, 0.4) is 0 Å². The Hall–Kier alpha value is -0.520. The predicted molar refractivity (Wildman–Crippen MR) is 63.2 cm³/mol. The summed E-state index contributed by atoms with van der Waals surface area (Å²) in [6.07, 6.45) is 6.40. The predicted octanol–water partition coefficient (Wildman–Crippen LogP) is 1.58. The van der Waals surface area contributed by atoms with Gasteiger partial charge in [-0.2, -0.15) is 0 Å². The highest BCUT2D eigenvalue weighted by atomic mass is 15.1. The Bertz CT molecular complexity index is 170. The molecule has 0 saturated carbocycles. The van der Waals surface area contributed by atoms with Gasteiger partial charge in [0.1, 0.15) is 0 Å². The minimum Gasteiger partial charge on any atom is -0.305 e. The van der Waals surface area contributed by atoms with Crippen molar-refractivity contribution in [1.82, 2.24) is 10.2 Å². The molecule has 0 fully saturated rings. The van der Waals surface area contributed by atoms with Crippen molar-refractivity contribution in [3.8, 4) is 12.3 Å². The lowest BCUT2D eigenvalue weighted by atomic mass is 10.0. The second-order valence-electron chi connectivity index (χ2n) is 4.34. The molecule has 0 radical (unpaired) electrons. The summed E-state index contributed by atoms with van der Waals surface area (Å²) in [5.41, 5.74) is 0. The van der Waals surface area contributed by atoms with Crippen LogP contribution in [0.5, 0.6) is 0 Å². The van der Waals surface area contributed by atoms with Gasteiger partial charge in [0, 0.05) is 19.1 Å². The first-order valence-corrected chi connectivity index (χ1v) is 5.42. The van der Waals surface area contributed by atoms with Crippen LogP contribution in [0.4, 0.5) is 0 Å². The van der Waals surface area contributed by atoms with Gasteiger partial charge in [-0.15, -0.1) is 6.42 Å². The number of nitrogens with zero attached hydrogens (tertiary/aromatic N) is 1. The molecule has 0 amide bonds. The maximum Gasteiger partial charge on any atom is 0.0574 e. The highest BCUT2D eigenvalue weighted by Crippen LogP contribution is 2.08. The lowest BCUT2D eigenvalue weighted by Crippen LogP contribution is -2.36. The molecule has 0 aliphatic carbocycles. The van der Waals surface area contributed by atoms with Crippen LogP contribution < -0.4 is 5.32 Å². The van der Waals surface area contributed by atoms with Crippen molar-refractivity contribution >= 4 is 0 Å². The molecule has 82 valence electrons. The normalized spacial score (nSPS) is 13.2. The first-order chi connectivity index (χ1) is 6.57. The lowest BCUT2D eigenvalue weighted by molar-refractivity contribution is 0.229. The van der Waals surface area contributed by atoms with Crippen LogP contribution in [0.15, 0.2) is 0 Å². The molecule has 0 aliphatic rings. The minimum atomic E-state index is 0.655. The summed E-state index contributed by atoms with van der Waals surface area (Å²) in [5.74, 6) is 3.34. The van der Waals surface area contributed by atoms with Crippen molar-refractivity contribution in [3.05, 3.63) is 0 Å². The zero-order chi connectivity index (χ0) is 11.0. The Morgan fingerprint density at radius 2 is 2.00 bits per heavy atom. The van der Waals surface area contributed by atoms with Crippen LogP contribution >= 0.6 is 0 Å². The van der Waals surface area contributed by atoms with Gasteiger partial charge in [0.2, 0.25) is 0 Å². The van der Waals surface area contributed by atoms with Crippen molar-refractivity contribution < 1.29 is 0 Å². The number of rotatable bonds is 7. The van der Waals surface area contributed by atoms with E-state index in [1.807, 2.05) is 0 Å². The van der Waals surface area contributed by atoms with Gasteiger partial charge in [-0.3, -0.25) is 0 Å². The molecule has 1 atom stereocenters. The summed E-state index contributed by atoms with van der Waals surface area (Å²) in [6.45, 7) is 9.52. The Kier molecular flexibility index (Phi) is 7.55. The van der Waals surface area contributed by atoms with Gasteiger partial charge in [0.15, 0.2) is 0 Å². The second kappa shape index (κ2) is 7.84. The van der Waals surface area contributed by atoms with Gasteiger partial charge >= 0.3 is 0 Å². The Morgan fingerprint density at radius 3 is 2.50 bits per heavy atom. The molecule has 0 heterocycles. The zero-order valence-electron chi connectivity index (χ0n) is 10.0. The SMILES string of the molecule is C#CCNCCN(C)C(C)CC(C)C. The van der Waals surface area contributed by atoms with Crippen molar-refractivity contribution in [2.45, 2.75) is 33.2 Å². The third kappa shape index (κ3) is 6.94. The fraction of sp³-hybridized carbons (Fsp3) is 0.833. The van der Waals surface area contributed by atoms with E-state index in [4.69, 9.17) is 6.42 Å². The van der Waals surface area contributed by atoms with Crippen LogP contribution in [-0.4, -0.2) is 37.6 Å². The van der Waals surface area contributed by atoms with E-state index >= 15 is 0 Å². The van der Waals surface area contributed by atoms with E-state index in [-0.39, 0.29) is 0 Å². The van der Waals surface area contributed by atoms with Crippen molar-refractivity contribution in [2.75, 3.05) is 26.7 Å². The van der Waals surface area contributed by atoms with E-state index < -0.39 is 0 Å². The van der Waals surface area contributed by atoms with Crippen molar-refractivity contribution in [2.24, 2.45) is 5.92 Å². The standard InChI is InChI=1S/C12H24N2/c1-6-7-13-8-9-14(5)12(4)10-11(2)3/h1,11-13H,7-10H2,2-5H3. The summed E-state index contributed by atoms with van der Waals surface area (Å²) in [5, 5.41) is 3.20. The molecular weight excluding hydrogens is 172 g/mol. The quantitative estimate of drug-likeness (QED) is 0.491. The van der Waals surface area contributed by atoms with Gasteiger partial charge in [-0.05, 0) is 26.3 Å². The largest absolute Gasteiger partial charge is 0.305 e. The summed E-state index contributed by atoms with van der Waals surface area (Å²) >= 11 is 0. The molecular formula is C12H24N2. The molecule has 0 saturated heterocycles. The molecule has 14 heavy (non-hydrogen) atoms. The van der Waals surface area contributed by atoms with Gasteiger partial charge < -0.3 is 10.2 Å². The van der Waals surface area contributed by atoms with Crippen LogP contribution in [0.25, 0.3) is 0 Å². The van der Waals surface area contributed by atoms with Crippen LogP contribution in [-0.2, 0) is 0 Å². The molecule has 1 unspecified atom stereocenters. The Labute approximate surface area is 89.1 Å². The molecule has 0 aromatic heterocycles.